The van der Waals surface area contributed by atoms with E-state index in [0.717, 1.165) is 0 Å². The van der Waals surface area contributed by atoms with Gasteiger partial charge in [-0.3, -0.25) is 4.79 Å². The monoisotopic (exact) mass is 268 g/mol. The van der Waals surface area contributed by atoms with E-state index in [1.165, 1.54) is 12.1 Å². The van der Waals surface area contributed by atoms with Crippen LogP contribution in [-0.4, -0.2) is 11.1 Å². The van der Waals surface area contributed by atoms with Crippen molar-refractivity contribution in [3.63, 3.8) is 0 Å². The van der Waals surface area contributed by atoms with E-state index < -0.39 is 23.2 Å². The van der Waals surface area contributed by atoms with Crippen molar-refractivity contribution >= 4 is 5.97 Å². The molecule has 0 bridgehead atoms. The molecule has 1 saturated carbocycles. The Morgan fingerprint density at radius 1 is 1.37 bits per heavy atom. The van der Waals surface area contributed by atoms with Gasteiger partial charge < -0.3 is 5.11 Å². The number of carboxylic acids is 1. The van der Waals surface area contributed by atoms with Crippen LogP contribution in [0.2, 0.25) is 0 Å². The second-order valence-electron chi connectivity index (χ2n) is 5.96. The Morgan fingerprint density at radius 3 is 2.53 bits per heavy atom. The third-order valence-corrected chi connectivity index (χ3v) is 3.63. The molecule has 0 unspecified atom stereocenters. The van der Waals surface area contributed by atoms with Gasteiger partial charge in [0.1, 0.15) is 0 Å². The van der Waals surface area contributed by atoms with Crippen molar-refractivity contribution in [2.75, 3.05) is 0 Å². The summed E-state index contributed by atoms with van der Waals surface area (Å²) in [5, 5.41) is 9.08. The summed E-state index contributed by atoms with van der Waals surface area (Å²) in [5.41, 5.74) is -0.299. The van der Waals surface area contributed by atoms with Crippen LogP contribution in [0.3, 0.4) is 0 Å². The molecule has 1 aromatic rings. The van der Waals surface area contributed by atoms with Crippen LogP contribution in [-0.2, 0) is 17.1 Å². The molecule has 0 aromatic heterocycles. The van der Waals surface area contributed by atoms with Crippen molar-refractivity contribution < 1.29 is 18.7 Å². The number of alkyl halides is 2. The van der Waals surface area contributed by atoms with Crippen molar-refractivity contribution in [2.45, 2.75) is 39.0 Å². The van der Waals surface area contributed by atoms with Gasteiger partial charge in [0.25, 0.3) is 5.92 Å². The highest BCUT2D eigenvalue weighted by Gasteiger charge is 2.47. The smallest absolute Gasteiger partial charge is 0.309 e. The van der Waals surface area contributed by atoms with Crippen molar-refractivity contribution in [3.8, 4) is 0 Å². The minimum Gasteiger partial charge on any atom is -0.481 e. The zero-order valence-corrected chi connectivity index (χ0v) is 11.1. The minimum atomic E-state index is -2.79. The fraction of sp³-hybridized carbons (Fsp3) is 0.533. The summed E-state index contributed by atoms with van der Waals surface area (Å²) in [4.78, 5) is 11.1. The van der Waals surface area contributed by atoms with Gasteiger partial charge >= 0.3 is 5.97 Å². The van der Waals surface area contributed by atoms with E-state index in [0.29, 0.717) is 18.4 Å². The van der Waals surface area contributed by atoms with Gasteiger partial charge in [0.05, 0.1) is 5.41 Å². The lowest BCUT2D eigenvalue weighted by Crippen LogP contribution is -2.26. The highest BCUT2D eigenvalue weighted by atomic mass is 19.3. The Kier molecular flexibility index (Phi) is 3.37. The molecule has 2 nitrogen and oxygen atoms in total. The summed E-state index contributed by atoms with van der Waals surface area (Å²) in [5.74, 6) is -4.26. The summed E-state index contributed by atoms with van der Waals surface area (Å²) < 4.78 is 28.0. The van der Waals surface area contributed by atoms with Crippen LogP contribution in [0.15, 0.2) is 24.3 Å². The number of rotatable bonds is 5. The SMILES string of the molecule is CC(C)(Cc1cccc(C(F)(F)C2CC2)c1)C(=O)O. The minimum absolute atomic E-state index is 0.00805. The average Bonchev–Trinajstić information content (AvgIpc) is 3.12. The van der Waals surface area contributed by atoms with Gasteiger partial charge in [-0.2, -0.15) is 0 Å². The van der Waals surface area contributed by atoms with Gasteiger partial charge in [0, 0.05) is 11.5 Å². The Labute approximate surface area is 111 Å². The van der Waals surface area contributed by atoms with Crippen molar-refractivity contribution in [1.29, 1.82) is 0 Å². The van der Waals surface area contributed by atoms with Crippen molar-refractivity contribution in [2.24, 2.45) is 11.3 Å². The van der Waals surface area contributed by atoms with Gasteiger partial charge in [-0.1, -0.05) is 18.2 Å². The van der Waals surface area contributed by atoms with E-state index in [-0.39, 0.29) is 12.0 Å². The molecule has 1 fully saturated rings. The molecule has 0 aliphatic heterocycles. The van der Waals surface area contributed by atoms with E-state index in [2.05, 4.69) is 0 Å². The van der Waals surface area contributed by atoms with Crippen molar-refractivity contribution in [1.82, 2.24) is 0 Å². The normalized spacial score (nSPS) is 16.4. The Hall–Kier alpha value is -1.45. The Balaban J connectivity index is 2.22. The van der Waals surface area contributed by atoms with Gasteiger partial charge in [0.2, 0.25) is 0 Å². The number of hydrogen-bond acceptors (Lipinski definition) is 1. The fourth-order valence-electron chi connectivity index (χ4n) is 2.16. The molecule has 1 aliphatic rings. The van der Waals surface area contributed by atoms with Crippen LogP contribution < -0.4 is 0 Å². The van der Waals surface area contributed by atoms with Gasteiger partial charge in [0.15, 0.2) is 0 Å². The fourth-order valence-corrected chi connectivity index (χ4v) is 2.16. The molecular weight excluding hydrogens is 250 g/mol. The molecule has 0 atom stereocenters. The first-order valence-electron chi connectivity index (χ1n) is 6.44. The highest BCUT2D eigenvalue weighted by molar-refractivity contribution is 5.74. The average molecular weight is 268 g/mol. The second-order valence-corrected chi connectivity index (χ2v) is 5.96. The highest BCUT2D eigenvalue weighted by Crippen LogP contribution is 2.49. The maximum Gasteiger partial charge on any atom is 0.309 e. The second kappa shape index (κ2) is 4.58. The predicted molar refractivity (Wildman–Crippen MR) is 68.2 cm³/mol. The summed E-state index contributed by atoms with van der Waals surface area (Å²) in [6.07, 6.45) is 1.38. The molecule has 1 N–H and O–H groups in total. The summed E-state index contributed by atoms with van der Waals surface area (Å²) in [6.45, 7) is 3.20. The van der Waals surface area contributed by atoms with Crippen LogP contribution in [0.1, 0.15) is 37.8 Å². The lowest BCUT2D eigenvalue weighted by atomic mass is 9.85. The number of aliphatic carboxylic acids is 1. The summed E-state index contributed by atoms with van der Waals surface area (Å²) in [7, 11) is 0. The summed E-state index contributed by atoms with van der Waals surface area (Å²) in [6, 6.07) is 6.16. The van der Waals surface area contributed by atoms with Gasteiger partial charge in [-0.15, -0.1) is 0 Å². The van der Waals surface area contributed by atoms with Crippen molar-refractivity contribution in [3.05, 3.63) is 35.4 Å². The number of hydrogen-bond donors (Lipinski definition) is 1. The number of benzene rings is 1. The van der Waals surface area contributed by atoms with Crippen LogP contribution >= 0.6 is 0 Å². The molecule has 0 saturated heterocycles. The Bertz CT molecular complexity index is 491. The summed E-state index contributed by atoms with van der Waals surface area (Å²) >= 11 is 0. The maximum atomic E-state index is 14.0. The largest absolute Gasteiger partial charge is 0.481 e. The Morgan fingerprint density at radius 2 is 2.00 bits per heavy atom. The van der Waals surface area contributed by atoms with E-state index in [1.54, 1.807) is 26.0 Å². The number of carboxylic acid groups (broad SMARTS) is 1. The standard InChI is InChI=1S/C15H18F2O2/c1-14(2,13(18)19)9-10-4-3-5-12(8-10)15(16,17)11-6-7-11/h3-5,8,11H,6-7,9H2,1-2H3,(H,18,19). The third kappa shape index (κ3) is 2.94. The molecule has 4 heteroatoms. The molecule has 1 aromatic carbocycles. The van der Waals surface area contributed by atoms with Gasteiger partial charge in [-0.05, 0) is 44.7 Å². The molecule has 19 heavy (non-hydrogen) atoms. The van der Waals surface area contributed by atoms with E-state index in [1.807, 2.05) is 0 Å². The molecule has 0 spiro atoms. The number of halogens is 2. The quantitative estimate of drug-likeness (QED) is 0.881. The first-order chi connectivity index (χ1) is 8.73. The third-order valence-electron chi connectivity index (χ3n) is 3.63. The molecule has 0 heterocycles. The van der Waals surface area contributed by atoms with Crippen LogP contribution in [0.5, 0.6) is 0 Å². The zero-order chi connectivity index (χ0) is 14.3. The molecule has 104 valence electrons. The van der Waals surface area contributed by atoms with Crippen LogP contribution in [0.25, 0.3) is 0 Å². The zero-order valence-electron chi connectivity index (χ0n) is 11.1. The molecule has 0 radical (unpaired) electrons. The molecule has 0 amide bonds. The van der Waals surface area contributed by atoms with Crippen LogP contribution in [0, 0.1) is 11.3 Å². The number of carbonyl (C=O) groups is 1. The molecule has 1 aliphatic carbocycles. The first-order valence-corrected chi connectivity index (χ1v) is 6.44. The van der Waals surface area contributed by atoms with E-state index in [4.69, 9.17) is 5.11 Å². The topological polar surface area (TPSA) is 37.3 Å². The molecular formula is C15H18F2O2. The van der Waals surface area contributed by atoms with Gasteiger partial charge in [-0.25, -0.2) is 8.78 Å². The van der Waals surface area contributed by atoms with Crippen LogP contribution in [0.4, 0.5) is 8.78 Å². The van der Waals surface area contributed by atoms with E-state index in [9.17, 15) is 13.6 Å². The molecule has 2 rings (SSSR count). The first kappa shape index (κ1) is 14.0. The predicted octanol–water partition coefficient (Wildman–Crippen LogP) is 3.84. The lowest BCUT2D eigenvalue weighted by Gasteiger charge is -2.21. The maximum absolute atomic E-state index is 14.0. The lowest BCUT2D eigenvalue weighted by molar-refractivity contribution is -0.146. The van der Waals surface area contributed by atoms with E-state index >= 15 is 0 Å².